The molecule has 2 aromatic heterocycles. The summed E-state index contributed by atoms with van der Waals surface area (Å²) in [5.41, 5.74) is 0.832. The first kappa shape index (κ1) is 8.01. The van der Waals surface area contributed by atoms with Crippen LogP contribution >= 0.6 is 0 Å². The lowest BCUT2D eigenvalue weighted by atomic mass is 10.1. The highest BCUT2D eigenvalue weighted by molar-refractivity contribution is 5.96. The van der Waals surface area contributed by atoms with Crippen molar-refractivity contribution in [1.29, 1.82) is 5.26 Å². The molecule has 1 aromatic carbocycles. The molecule has 0 bridgehead atoms. The number of benzene rings is 1. The summed E-state index contributed by atoms with van der Waals surface area (Å²) >= 11 is 0. The van der Waals surface area contributed by atoms with Crippen LogP contribution in [0, 0.1) is 11.3 Å². The summed E-state index contributed by atoms with van der Waals surface area (Å²) in [6, 6.07) is 11.2. The van der Waals surface area contributed by atoms with Crippen molar-refractivity contribution in [1.82, 2.24) is 4.40 Å². The maximum atomic E-state index is 11.8. The highest BCUT2D eigenvalue weighted by Crippen LogP contribution is 2.20. The maximum absolute atomic E-state index is 11.8. The number of para-hydroxylation sites is 1. The van der Waals surface area contributed by atoms with Gasteiger partial charge in [0.05, 0.1) is 5.52 Å². The van der Waals surface area contributed by atoms with E-state index in [0.717, 1.165) is 16.3 Å². The molecular weight excluding hydrogens is 188 g/mol. The predicted molar refractivity (Wildman–Crippen MR) is 57.1 cm³/mol. The molecule has 0 unspecified atom stereocenters. The van der Waals surface area contributed by atoms with Crippen molar-refractivity contribution in [3.8, 4) is 6.07 Å². The van der Waals surface area contributed by atoms with Gasteiger partial charge in [0.1, 0.15) is 11.6 Å². The van der Waals surface area contributed by atoms with Gasteiger partial charge in [0, 0.05) is 17.0 Å². The highest BCUT2D eigenvalue weighted by Gasteiger charge is 2.08. The smallest absolute Gasteiger partial charge is 0.273 e. The first-order valence-electron chi connectivity index (χ1n) is 4.58. The standard InChI is InChI=1S/C12H6N2O/c13-7-10-6-9-3-1-2-8-4-5-14(11(8)9)12(10)15/h1-6H. The van der Waals surface area contributed by atoms with Crippen LogP contribution in [0.15, 0.2) is 41.3 Å². The summed E-state index contributed by atoms with van der Waals surface area (Å²) in [6.07, 6.45) is 1.71. The Kier molecular flexibility index (Phi) is 1.38. The molecule has 3 rings (SSSR count). The first-order chi connectivity index (χ1) is 7.31. The molecule has 3 nitrogen and oxygen atoms in total. The quantitative estimate of drug-likeness (QED) is 0.547. The van der Waals surface area contributed by atoms with Crippen molar-refractivity contribution in [3.05, 3.63) is 52.4 Å². The molecule has 0 atom stereocenters. The number of nitrogens with zero attached hydrogens (tertiary/aromatic N) is 2. The Morgan fingerprint density at radius 1 is 1.20 bits per heavy atom. The monoisotopic (exact) mass is 194 g/mol. The second-order valence-corrected chi connectivity index (χ2v) is 3.45. The molecule has 15 heavy (non-hydrogen) atoms. The van der Waals surface area contributed by atoms with E-state index in [-0.39, 0.29) is 11.1 Å². The normalized spacial score (nSPS) is 10.9. The summed E-state index contributed by atoms with van der Waals surface area (Å²) in [6.45, 7) is 0. The minimum Gasteiger partial charge on any atom is -0.282 e. The molecule has 2 heterocycles. The van der Waals surface area contributed by atoms with Gasteiger partial charge in [0.25, 0.3) is 5.56 Å². The number of hydrogen-bond donors (Lipinski definition) is 0. The van der Waals surface area contributed by atoms with Gasteiger partial charge in [-0.15, -0.1) is 0 Å². The zero-order valence-electron chi connectivity index (χ0n) is 7.77. The van der Waals surface area contributed by atoms with Crippen molar-refractivity contribution in [2.45, 2.75) is 0 Å². The zero-order valence-corrected chi connectivity index (χ0v) is 7.77. The van der Waals surface area contributed by atoms with Crippen LogP contribution in [0.1, 0.15) is 5.56 Å². The third-order valence-corrected chi connectivity index (χ3v) is 2.61. The molecule has 0 saturated carbocycles. The molecule has 70 valence electrons. The van der Waals surface area contributed by atoms with Gasteiger partial charge in [-0.2, -0.15) is 5.26 Å². The van der Waals surface area contributed by atoms with E-state index in [1.807, 2.05) is 30.3 Å². The van der Waals surface area contributed by atoms with Gasteiger partial charge in [-0.25, -0.2) is 0 Å². The minimum absolute atomic E-state index is 0.186. The Labute approximate surface area is 85.1 Å². The largest absolute Gasteiger partial charge is 0.282 e. The first-order valence-corrected chi connectivity index (χ1v) is 4.58. The lowest BCUT2D eigenvalue weighted by Crippen LogP contribution is -2.14. The van der Waals surface area contributed by atoms with Crippen molar-refractivity contribution in [3.63, 3.8) is 0 Å². The number of aromatic nitrogens is 1. The molecule has 0 aliphatic heterocycles. The third kappa shape index (κ3) is 0.906. The van der Waals surface area contributed by atoms with Crippen molar-refractivity contribution in [2.24, 2.45) is 0 Å². The summed E-state index contributed by atoms with van der Waals surface area (Å²) in [5, 5.41) is 10.8. The topological polar surface area (TPSA) is 45.3 Å². The average Bonchev–Trinajstić information content (AvgIpc) is 2.69. The molecule has 0 aliphatic carbocycles. The van der Waals surface area contributed by atoms with Crippen LogP contribution < -0.4 is 5.56 Å². The molecule has 0 saturated heterocycles. The van der Waals surface area contributed by atoms with Crippen LogP contribution in [0.4, 0.5) is 0 Å². The minimum atomic E-state index is -0.244. The Bertz CT molecular complexity index is 749. The van der Waals surface area contributed by atoms with Gasteiger partial charge in [-0.05, 0) is 12.1 Å². The van der Waals surface area contributed by atoms with Crippen molar-refractivity contribution >= 4 is 16.3 Å². The number of rotatable bonds is 0. The van der Waals surface area contributed by atoms with E-state index < -0.39 is 0 Å². The Hall–Kier alpha value is -2.34. The SMILES string of the molecule is N#Cc1cc2cccc3ccn(c1=O)c32. The van der Waals surface area contributed by atoms with E-state index in [2.05, 4.69) is 0 Å². The molecule has 0 N–H and O–H groups in total. The van der Waals surface area contributed by atoms with Crippen LogP contribution in [0.25, 0.3) is 16.3 Å². The van der Waals surface area contributed by atoms with Crippen molar-refractivity contribution < 1.29 is 0 Å². The summed E-state index contributed by atoms with van der Waals surface area (Å²) in [7, 11) is 0. The molecule has 0 spiro atoms. The number of nitriles is 1. The van der Waals surface area contributed by atoms with Gasteiger partial charge >= 0.3 is 0 Å². The van der Waals surface area contributed by atoms with E-state index in [0.29, 0.717) is 0 Å². The van der Waals surface area contributed by atoms with E-state index >= 15 is 0 Å². The predicted octanol–water partition coefficient (Wildman–Crippen LogP) is 1.76. The fourth-order valence-corrected chi connectivity index (χ4v) is 1.93. The van der Waals surface area contributed by atoms with Gasteiger partial charge in [0.15, 0.2) is 0 Å². The van der Waals surface area contributed by atoms with E-state index in [1.165, 1.54) is 4.40 Å². The Balaban J connectivity index is 2.73. The number of hydrogen-bond acceptors (Lipinski definition) is 2. The van der Waals surface area contributed by atoms with Crippen LogP contribution in [-0.4, -0.2) is 4.40 Å². The van der Waals surface area contributed by atoms with Crippen LogP contribution in [0.5, 0.6) is 0 Å². The number of pyridine rings is 1. The molecule has 3 heteroatoms. The van der Waals surface area contributed by atoms with Crippen LogP contribution in [0.3, 0.4) is 0 Å². The fourth-order valence-electron chi connectivity index (χ4n) is 1.93. The van der Waals surface area contributed by atoms with E-state index in [9.17, 15) is 4.79 Å². The van der Waals surface area contributed by atoms with E-state index in [4.69, 9.17) is 5.26 Å². The maximum Gasteiger partial charge on any atom is 0.273 e. The second-order valence-electron chi connectivity index (χ2n) is 3.45. The summed E-state index contributed by atoms with van der Waals surface area (Å²) in [4.78, 5) is 11.8. The van der Waals surface area contributed by atoms with Crippen LogP contribution in [0.2, 0.25) is 0 Å². The summed E-state index contributed by atoms with van der Waals surface area (Å²) < 4.78 is 1.53. The molecule has 3 aromatic rings. The molecule has 0 aliphatic rings. The lowest BCUT2D eigenvalue weighted by Gasteiger charge is -1.99. The van der Waals surface area contributed by atoms with Gasteiger partial charge in [-0.1, -0.05) is 18.2 Å². The lowest BCUT2D eigenvalue weighted by molar-refractivity contribution is 1.12. The van der Waals surface area contributed by atoms with Gasteiger partial charge < -0.3 is 0 Å². The zero-order chi connectivity index (χ0) is 10.4. The highest BCUT2D eigenvalue weighted by atomic mass is 16.1. The second kappa shape index (κ2) is 2.58. The van der Waals surface area contributed by atoms with Crippen molar-refractivity contribution in [2.75, 3.05) is 0 Å². The van der Waals surface area contributed by atoms with Gasteiger partial charge in [-0.3, -0.25) is 9.20 Å². The Morgan fingerprint density at radius 2 is 2.00 bits per heavy atom. The van der Waals surface area contributed by atoms with Crippen LogP contribution in [-0.2, 0) is 0 Å². The summed E-state index contributed by atoms with van der Waals surface area (Å²) in [5.74, 6) is 0. The molecule has 0 amide bonds. The molecule has 0 fully saturated rings. The third-order valence-electron chi connectivity index (χ3n) is 2.61. The Morgan fingerprint density at radius 3 is 2.80 bits per heavy atom. The van der Waals surface area contributed by atoms with Gasteiger partial charge in [0.2, 0.25) is 0 Å². The molecular formula is C12H6N2O. The fraction of sp³-hybridized carbons (Fsp3) is 0. The molecule has 0 radical (unpaired) electrons. The average molecular weight is 194 g/mol. The van der Waals surface area contributed by atoms with E-state index in [1.54, 1.807) is 12.3 Å².